The lowest BCUT2D eigenvalue weighted by Gasteiger charge is -2.18. The highest BCUT2D eigenvalue weighted by Gasteiger charge is 2.13. The minimum Gasteiger partial charge on any atom is -0.409 e. The summed E-state index contributed by atoms with van der Waals surface area (Å²) in [4.78, 5) is 0. The summed E-state index contributed by atoms with van der Waals surface area (Å²) in [7, 11) is -3.11. The second kappa shape index (κ2) is 8.28. The molecule has 0 spiro atoms. The summed E-state index contributed by atoms with van der Waals surface area (Å²) in [5.41, 5.74) is 5.38. The van der Waals surface area contributed by atoms with E-state index in [1.54, 1.807) is 0 Å². The molecule has 0 aromatic carbocycles. The van der Waals surface area contributed by atoms with E-state index in [1.165, 1.54) is 10.6 Å². The molecule has 8 heteroatoms. The number of hydrogen-bond donors (Lipinski definition) is 3. The molecule has 4 N–H and O–H groups in total. The van der Waals surface area contributed by atoms with E-state index in [4.69, 9.17) is 10.9 Å². The van der Waals surface area contributed by atoms with E-state index in [0.717, 1.165) is 6.42 Å². The number of amidine groups is 1. The molecule has 1 unspecified atom stereocenters. The van der Waals surface area contributed by atoms with Crippen molar-refractivity contribution in [2.24, 2.45) is 10.9 Å². The van der Waals surface area contributed by atoms with E-state index in [9.17, 15) is 8.42 Å². The molecule has 0 amide bonds. The van der Waals surface area contributed by atoms with Crippen molar-refractivity contribution < 1.29 is 13.6 Å². The summed E-state index contributed by atoms with van der Waals surface area (Å²) in [6.07, 6.45) is 2.40. The minimum atomic E-state index is -3.11. The Morgan fingerprint density at radius 3 is 2.61 bits per heavy atom. The van der Waals surface area contributed by atoms with Crippen molar-refractivity contribution in [2.75, 3.05) is 25.9 Å². The largest absolute Gasteiger partial charge is 0.409 e. The molecule has 1 atom stereocenters. The maximum Gasteiger partial charge on any atom is 0.211 e. The van der Waals surface area contributed by atoms with Crippen LogP contribution in [-0.2, 0) is 10.0 Å². The highest BCUT2D eigenvalue weighted by molar-refractivity contribution is 7.88. The quantitative estimate of drug-likeness (QED) is 0.178. The van der Waals surface area contributed by atoms with Gasteiger partial charge in [-0.25, -0.2) is 12.7 Å². The molecule has 0 aliphatic heterocycles. The second-order valence-corrected chi connectivity index (χ2v) is 6.24. The molecule has 0 fully saturated rings. The summed E-state index contributed by atoms with van der Waals surface area (Å²) in [5.74, 6) is 0.182. The first-order valence-electron chi connectivity index (χ1n) is 5.96. The van der Waals surface area contributed by atoms with Crippen molar-refractivity contribution in [3.8, 4) is 0 Å². The fourth-order valence-electron chi connectivity index (χ4n) is 1.59. The standard InChI is InChI=1S/C10H24N4O3S/c1-4-14(18(3,16)17)7-5-6-12-9(2)8-10(11)13-15/h9,12,15H,4-8H2,1-3H3,(H2,11,13). The van der Waals surface area contributed by atoms with E-state index in [2.05, 4.69) is 10.5 Å². The predicted octanol–water partition coefficient (Wildman–Crippen LogP) is -0.227. The smallest absolute Gasteiger partial charge is 0.211 e. The first-order chi connectivity index (χ1) is 8.31. The Morgan fingerprint density at radius 2 is 2.17 bits per heavy atom. The average Bonchev–Trinajstić information content (AvgIpc) is 2.27. The van der Waals surface area contributed by atoms with Crippen molar-refractivity contribution in [1.82, 2.24) is 9.62 Å². The van der Waals surface area contributed by atoms with Gasteiger partial charge in [-0.3, -0.25) is 0 Å². The number of rotatable bonds is 9. The van der Waals surface area contributed by atoms with Gasteiger partial charge in [0.15, 0.2) is 0 Å². The molecule has 0 aromatic rings. The van der Waals surface area contributed by atoms with Gasteiger partial charge in [0.25, 0.3) is 0 Å². The Bertz CT molecular complexity index is 356. The van der Waals surface area contributed by atoms with Crippen LogP contribution in [0.2, 0.25) is 0 Å². The Morgan fingerprint density at radius 1 is 1.56 bits per heavy atom. The maximum absolute atomic E-state index is 11.3. The zero-order chi connectivity index (χ0) is 14.2. The minimum absolute atomic E-state index is 0.0919. The summed E-state index contributed by atoms with van der Waals surface area (Å²) >= 11 is 0. The fraction of sp³-hybridized carbons (Fsp3) is 0.900. The van der Waals surface area contributed by atoms with Crippen molar-refractivity contribution >= 4 is 15.9 Å². The van der Waals surface area contributed by atoms with Crippen molar-refractivity contribution in [3.05, 3.63) is 0 Å². The molecule has 0 aliphatic carbocycles. The zero-order valence-electron chi connectivity index (χ0n) is 11.3. The lowest BCUT2D eigenvalue weighted by molar-refractivity contribution is 0.315. The Labute approximate surface area is 109 Å². The van der Waals surface area contributed by atoms with E-state index >= 15 is 0 Å². The third-order valence-corrected chi connectivity index (χ3v) is 3.92. The molecule has 0 heterocycles. The van der Waals surface area contributed by atoms with Crippen LogP contribution in [-0.4, -0.2) is 55.7 Å². The van der Waals surface area contributed by atoms with Gasteiger partial charge in [-0.15, -0.1) is 0 Å². The summed E-state index contributed by atoms with van der Waals surface area (Å²) in [6, 6.07) is 0.0919. The van der Waals surface area contributed by atoms with Crippen LogP contribution in [0.25, 0.3) is 0 Å². The van der Waals surface area contributed by atoms with Gasteiger partial charge in [0, 0.05) is 25.6 Å². The molecule has 0 radical (unpaired) electrons. The van der Waals surface area contributed by atoms with Crippen LogP contribution in [0.4, 0.5) is 0 Å². The first kappa shape index (κ1) is 17.1. The topological polar surface area (TPSA) is 108 Å². The molecule has 0 rings (SSSR count). The van der Waals surface area contributed by atoms with Gasteiger partial charge in [-0.1, -0.05) is 12.1 Å². The third-order valence-electron chi connectivity index (χ3n) is 2.54. The van der Waals surface area contributed by atoms with Crippen LogP contribution in [0, 0.1) is 0 Å². The molecule has 0 bridgehead atoms. The van der Waals surface area contributed by atoms with E-state index < -0.39 is 10.0 Å². The summed E-state index contributed by atoms with van der Waals surface area (Å²) in [5, 5.41) is 14.5. The Balaban J connectivity index is 3.86. The van der Waals surface area contributed by atoms with E-state index in [-0.39, 0.29) is 11.9 Å². The number of nitrogens with one attached hydrogen (secondary N) is 1. The van der Waals surface area contributed by atoms with Gasteiger partial charge >= 0.3 is 0 Å². The number of hydrogen-bond acceptors (Lipinski definition) is 5. The average molecular weight is 280 g/mol. The highest BCUT2D eigenvalue weighted by atomic mass is 32.2. The van der Waals surface area contributed by atoms with Crippen LogP contribution in [0.15, 0.2) is 5.16 Å². The highest BCUT2D eigenvalue weighted by Crippen LogP contribution is 1.99. The first-order valence-corrected chi connectivity index (χ1v) is 7.81. The van der Waals surface area contributed by atoms with Gasteiger partial charge in [-0.05, 0) is 19.9 Å². The van der Waals surface area contributed by atoms with Crippen molar-refractivity contribution in [3.63, 3.8) is 0 Å². The molecular weight excluding hydrogens is 256 g/mol. The number of nitrogens with two attached hydrogens (primary N) is 1. The molecular formula is C10H24N4O3S. The summed E-state index contributed by atoms with van der Waals surface area (Å²) in [6.45, 7) is 5.41. The summed E-state index contributed by atoms with van der Waals surface area (Å²) < 4.78 is 24.1. The van der Waals surface area contributed by atoms with Crippen molar-refractivity contribution in [1.29, 1.82) is 0 Å². The molecule has 0 saturated heterocycles. The molecule has 7 nitrogen and oxygen atoms in total. The lowest BCUT2D eigenvalue weighted by atomic mass is 10.2. The van der Waals surface area contributed by atoms with Gasteiger partial charge in [0.2, 0.25) is 10.0 Å². The van der Waals surface area contributed by atoms with E-state index in [0.29, 0.717) is 26.1 Å². The van der Waals surface area contributed by atoms with Crippen LogP contribution < -0.4 is 11.1 Å². The van der Waals surface area contributed by atoms with Crippen LogP contribution in [0.5, 0.6) is 0 Å². The molecule has 0 saturated carbocycles. The number of oxime groups is 1. The fourth-order valence-corrected chi connectivity index (χ4v) is 2.52. The maximum atomic E-state index is 11.3. The zero-order valence-corrected chi connectivity index (χ0v) is 12.1. The van der Waals surface area contributed by atoms with Crippen LogP contribution in [0.1, 0.15) is 26.7 Å². The molecule has 108 valence electrons. The van der Waals surface area contributed by atoms with Crippen LogP contribution >= 0.6 is 0 Å². The monoisotopic (exact) mass is 280 g/mol. The van der Waals surface area contributed by atoms with Crippen LogP contribution in [0.3, 0.4) is 0 Å². The Hall–Kier alpha value is -0.860. The SMILES string of the molecule is CCN(CCCNC(C)CC(N)=NO)S(C)(=O)=O. The van der Waals surface area contributed by atoms with Gasteiger partial charge in [-0.2, -0.15) is 0 Å². The van der Waals surface area contributed by atoms with Gasteiger partial charge in [0.1, 0.15) is 5.84 Å². The normalized spacial score (nSPS) is 15.0. The third kappa shape index (κ3) is 7.46. The van der Waals surface area contributed by atoms with Gasteiger partial charge in [0.05, 0.1) is 6.26 Å². The van der Waals surface area contributed by atoms with Crippen molar-refractivity contribution in [2.45, 2.75) is 32.7 Å². The second-order valence-electron chi connectivity index (χ2n) is 4.26. The molecule has 18 heavy (non-hydrogen) atoms. The number of sulfonamides is 1. The molecule has 0 aromatic heterocycles. The predicted molar refractivity (Wildman–Crippen MR) is 72.2 cm³/mol. The lowest BCUT2D eigenvalue weighted by Crippen LogP contribution is -2.35. The Kier molecular flexibility index (Phi) is 7.88. The molecule has 0 aliphatic rings. The number of nitrogens with zero attached hydrogens (tertiary/aromatic N) is 2. The van der Waals surface area contributed by atoms with E-state index in [1.807, 2.05) is 13.8 Å². The van der Waals surface area contributed by atoms with Gasteiger partial charge < -0.3 is 16.3 Å².